The van der Waals surface area contributed by atoms with E-state index in [1.54, 1.807) is 19.1 Å². The van der Waals surface area contributed by atoms with Gasteiger partial charge in [-0.3, -0.25) is 4.79 Å². The van der Waals surface area contributed by atoms with Crippen LogP contribution in [0.15, 0.2) is 18.2 Å². The molecule has 1 fully saturated rings. The Morgan fingerprint density at radius 2 is 2.13 bits per heavy atom. The molecule has 1 aliphatic rings. The van der Waals surface area contributed by atoms with Gasteiger partial charge in [-0.25, -0.2) is 4.39 Å². The van der Waals surface area contributed by atoms with Crippen molar-refractivity contribution in [2.75, 3.05) is 0 Å². The van der Waals surface area contributed by atoms with Crippen molar-refractivity contribution in [2.45, 2.75) is 32.2 Å². The van der Waals surface area contributed by atoms with E-state index in [1.165, 1.54) is 6.07 Å². The van der Waals surface area contributed by atoms with Gasteiger partial charge in [0.2, 0.25) is 0 Å². The molecule has 0 aliphatic heterocycles. The third-order valence-corrected chi connectivity index (χ3v) is 2.85. The maximum Gasteiger partial charge on any atom is 0.254 e. The zero-order chi connectivity index (χ0) is 11.1. The Morgan fingerprint density at radius 3 is 2.73 bits per heavy atom. The summed E-state index contributed by atoms with van der Waals surface area (Å²) < 4.78 is 13.6. The molecule has 0 atom stereocenters. The van der Waals surface area contributed by atoms with E-state index in [4.69, 9.17) is 0 Å². The highest BCUT2D eigenvalue weighted by Crippen LogP contribution is 2.34. The van der Waals surface area contributed by atoms with Crippen molar-refractivity contribution in [1.29, 1.82) is 0 Å². The molecule has 0 unspecified atom stereocenters. The van der Waals surface area contributed by atoms with Crippen LogP contribution in [0.3, 0.4) is 0 Å². The fraction of sp³-hybridized carbons (Fsp3) is 0.417. The minimum absolute atomic E-state index is 0.104. The summed E-state index contributed by atoms with van der Waals surface area (Å²) in [7, 11) is 0. The Kier molecular flexibility index (Phi) is 2.25. The van der Waals surface area contributed by atoms with Gasteiger partial charge in [-0.1, -0.05) is 12.1 Å². The molecule has 2 nitrogen and oxygen atoms in total. The fourth-order valence-corrected chi connectivity index (χ4v) is 1.48. The van der Waals surface area contributed by atoms with Crippen molar-refractivity contribution in [3.63, 3.8) is 0 Å². The van der Waals surface area contributed by atoms with Crippen molar-refractivity contribution in [2.24, 2.45) is 0 Å². The van der Waals surface area contributed by atoms with Gasteiger partial charge >= 0.3 is 0 Å². The summed E-state index contributed by atoms with van der Waals surface area (Å²) in [6, 6.07) is 4.87. The first-order chi connectivity index (χ1) is 7.02. The van der Waals surface area contributed by atoms with Crippen molar-refractivity contribution in [3.05, 3.63) is 35.1 Å². The number of aryl methyl sites for hydroxylation is 1. The van der Waals surface area contributed by atoms with Gasteiger partial charge in [0.1, 0.15) is 5.82 Å². The topological polar surface area (TPSA) is 29.1 Å². The van der Waals surface area contributed by atoms with Gasteiger partial charge < -0.3 is 5.32 Å². The summed E-state index contributed by atoms with van der Waals surface area (Å²) in [6.45, 7) is 3.63. The smallest absolute Gasteiger partial charge is 0.254 e. The number of rotatable bonds is 2. The monoisotopic (exact) mass is 207 g/mol. The van der Waals surface area contributed by atoms with Gasteiger partial charge in [0.25, 0.3) is 5.91 Å². The average molecular weight is 207 g/mol. The van der Waals surface area contributed by atoms with E-state index in [0.29, 0.717) is 5.56 Å². The Morgan fingerprint density at radius 1 is 1.47 bits per heavy atom. The van der Waals surface area contributed by atoms with Crippen molar-refractivity contribution in [1.82, 2.24) is 5.32 Å². The summed E-state index contributed by atoms with van der Waals surface area (Å²) in [6.07, 6.45) is 1.96. The van der Waals surface area contributed by atoms with E-state index in [2.05, 4.69) is 5.32 Å². The van der Waals surface area contributed by atoms with Gasteiger partial charge in [0.05, 0.1) is 5.56 Å². The average Bonchev–Trinajstić information content (AvgIpc) is 2.88. The van der Waals surface area contributed by atoms with Crippen LogP contribution < -0.4 is 5.32 Å². The minimum atomic E-state index is -0.417. The summed E-state index contributed by atoms with van der Waals surface area (Å²) in [4.78, 5) is 11.7. The maximum atomic E-state index is 13.6. The number of carbonyl (C=O) groups excluding carboxylic acids is 1. The molecule has 3 heteroatoms. The minimum Gasteiger partial charge on any atom is -0.347 e. The molecule has 1 N–H and O–H groups in total. The molecule has 0 radical (unpaired) electrons. The molecular weight excluding hydrogens is 193 g/mol. The van der Waals surface area contributed by atoms with Crippen LogP contribution in [0.2, 0.25) is 0 Å². The quantitative estimate of drug-likeness (QED) is 0.792. The third kappa shape index (κ3) is 2.01. The summed E-state index contributed by atoms with van der Waals surface area (Å²) in [5.74, 6) is -0.726. The van der Waals surface area contributed by atoms with Crippen LogP contribution in [0.5, 0.6) is 0 Å². The molecule has 1 aromatic rings. The number of benzene rings is 1. The van der Waals surface area contributed by atoms with Crippen LogP contribution in [-0.4, -0.2) is 11.4 Å². The molecule has 1 amide bonds. The van der Waals surface area contributed by atoms with Gasteiger partial charge in [-0.2, -0.15) is 0 Å². The molecular formula is C12H14FNO. The second-order valence-corrected chi connectivity index (χ2v) is 4.45. The van der Waals surface area contributed by atoms with Gasteiger partial charge in [0.15, 0.2) is 0 Å². The lowest BCUT2D eigenvalue weighted by atomic mass is 10.1. The Hall–Kier alpha value is -1.38. The Bertz CT molecular complexity index is 410. The maximum absolute atomic E-state index is 13.6. The highest BCUT2D eigenvalue weighted by atomic mass is 19.1. The predicted molar refractivity (Wildman–Crippen MR) is 56.2 cm³/mol. The third-order valence-electron chi connectivity index (χ3n) is 2.85. The molecule has 0 spiro atoms. The van der Waals surface area contributed by atoms with Crippen LogP contribution in [0, 0.1) is 12.7 Å². The first-order valence-corrected chi connectivity index (χ1v) is 5.09. The zero-order valence-corrected chi connectivity index (χ0v) is 8.93. The normalized spacial score (nSPS) is 17.3. The molecule has 80 valence electrons. The predicted octanol–water partition coefficient (Wildman–Crippen LogP) is 2.42. The molecule has 1 aliphatic carbocycles. The number of amides is 1. The molecule has 1 aromatic carbocycles. The first-order valence-electron chi connectivity index (χ1n) is 5.09. The van der Waals surface area contributed by atoms with Crippen LogP contribution in [0.1, 0.15) is 35.7 Å². The lowest BCUT2D eigenvalue weighted by Gasteiger charge is -2.12. The largest absolute Gasteiger partial charge is 0.347 e. The molecule has 15 heavy (non-hydrogen) atoms. The standard InChI is InChI=1S/C12H14FNO/c1-8-4-3-5-9(10(8)13)11(15)14-12(2)6-7-12/h3-5H,6-7H2,1-2H3,(H,14,15). The highest BCUT2D eigenvalue weighted by Gasteiger charge is 2.39. The van der Waals surface area contributed by atoms with Crippen molar-refractivity contribution in [3.8, 4) is 0 Å². The first kappa shape index (κ1) is 10.1. The highest BCUT2D eigenvalue weighted by molar-refractivity contribution is 5.95. The van der Waals surface area contributed by atoms with Gasteiger partial charge in [0, 0.05) is 5.54 Å². The van der Waals surface area contributed by atoms with Crippen LogP contribution >= 0.6 is 0 Å². The number of hydrogen-bond acceptors (Lipinski definition) is 1. The van der Waals surface area contributed by atoms with E-state index in [-0.39, 0.29) is 17.0 Å². The Labute approximate surface area is 88.5 Å². The summed E-state index contributed by atoms with van der Waals surface area (Å²) in [5, 5.41) is 2.84. The SMILES string of the molecule is Cc1cccc(C(=O)NC2(C)CC2)c1F. The Balaban J connectivity index is 2.21. The molecule has 0 saturated heterocycles. The number of carbonyl (C=O) groups is 1. The van der Waals surface area contributed by atoms with E-state index >= 15 is 0 Å². The number of halogens is 1. The van der Waals surface area contributed by atoms with E-state index in [9.17, 15) is 9.18 Å². The van der Waals surface area contributed by atoms with Gasteiger partial charge in [-0.05, 0) is 38.3 Å². The van der Waals surface area contributed by atoms with E-state index in [0.717, 1.165) is 12.8 Å². The lowest BCUT2D eigenvalue weighted by Crippen LogP contribution is -2.34. The van der Waals surface area contributed by atoms with E-state index < -0.39 is 5.82 Å². The number of nitrogens with one attached hydrogen (secondary N) is 1. The van der Waals surface area contributed by atoms with E-state index in [1.807, 2.05) is 6.92 Å². The van der Waals surface area contributed by atoms with Crippen molar-refractivity contribution < 1.29 is 9.18 Å². The fourth-order valence-electron chi connectivity index (χ4n) is 1.48. The second kappa shape index (κ2) is 3.33. The van der Waals surface area contributed by atoms with Crippen LogP contribution in [-0.2, 0) is 0 Å². The van der Waals surface area contributed by atoms with Crippen LogP contribution in [0.4, 0.5) is 4.39 Å². The molecule has 2 rings (SSSR count). The molecule has 0 heterocycles. The molecule has 1 saturated carbocycles. The lowest BCUT2D eigenvalue weighted by molar-refractivity contribution is 0.0931. The number of hydrogen-bond donors (Lipinski definition) is 1. The second-order valence-electron chi connectivity index (χ2n) is 4.45. The molecule has 0 aromatic heterocycles. The van der Waals surface area contributed by atoms with Gasteiger partial charge in [-0.15, -0.1) is 0 Å². The summed E-state index contributed by atoms with van der Waals surface area (Å²) in [5.41, 5.74) is 0.541. The zero-order valence-electron chi connectivity index (χ0n) is 8.93. The molecule has 0 bridgehead atoms. The van der Waals surface area contributed by atoms with Crippen LogP contribution in [0.25, 0.3) is 0 Å². The summed E-state index contributed by atoms with van der Waals surface area (Å²) >= 11 is 0. The van der Waals surface area contributed by atoms with Crippen molar-refractivity contribution >= 4 is 5.91 Å².